The van der Waals surface area contributed by atoms with E-state index in [9.17, 15) is 26.8 Å². The Morgan fingerprint density at radius 2 is 1.81 bits per heavy atom. The van der Waals surface area contributed by atoms with Gasteiger partial charge in [0.2, 0.25) is 0 Å². The highest BCUT2D eigenvalue weighted by atomic mass is 32.2. The number of sulfone groups is 1. The minimum absolute atomic E-state index is 0.212. The first kappa shape index (κ1) is 16.8. The Hall–Kier alpha value is -2.23. The van der Waals surface area contributed by atoms with Gasteiger partial charge in [-0.1, -0.05) is 0 Å². The summed E-state index contributed by atoms with van der Waals surface area (Å²) in [6, 6.07) is 0.0192. The molecular weight excluding hydrogens is 310 g/mol. The number of urea groups is 1. The minimum Gasteiger partial charge on any atom is -0.478 e. The van der Waals surface area contributed by atoms with Crippen LogP contribution in [0.1, 0.15) is 10.4 Å². The number of benzene rings is 1. The van der Waals surface area contributed by atoms with Crippen molar-refractivity contribution in [2.75, 3.05) is 23.9 Å². The summed E-state index contributed by atoms with van der Waals surface area (Å²) in [5.74, 6) is -4.56. The quantitative estimate of drug-likeness (QED) is 0.743. The Labute approximate surface area is 118 Å². The number of rotatable bonds is 5. The molecule has 0 spiro atoms. The van der Waals surface area contributed by atoms with Crippen LogP contribution in [0.5, 0.6) is 0 Å². The van der Waals surface area contributed by atoms with Gasteiger partial charge in [-0.15, -0.1) is 0 Å². The van der Waals surface area contributed by atoms with Crippen molar-refractivity contribution in [1.82, 2.24) is 5.32 Å². The Balaban J connectivity index is 2.80. The average Bonchev–Trinajstić information content (AvgIpc) is 2.31. The average molecular weight is 322 g/mol. The highest BCUT2D eigenvalue weighted by Gasteiger charge is 2.17. The molecule has 0 atom stereocenters. The summed E-state index contributed by atoms with van der Waals surface area (Å²) in [7, 11) is -3.27. The standard InChI is InChI=1S/C11H12F2N2O5S/c1-21(19,20)3-2-14-11(18)15-9-5-8(13)7(12)4-6(9)10(16)17/h4-5H,2-3H2,1H3,(H,16,17)(H2,14,15,18). The summed E-state index contributed by atoms with van der Waals surface area (Å²) in [4.78, 5) is 22.3. The van der Waals surface area contributed by atoms with Crippen LogP contribution in [0.2, 0.25) is 0 Å². The molecule has 0 heterocycles. The molecular formula is C11H12F2N2O5S. The van der Waals surface area contributed by atoms with Crippen LogP contribution in [0.15, 0.2) is 12.1 Å². The second-order valence-corrected chi connectivity index (χ2v) is 6.39. The van der Waals surface area contributed by atoms with Crippen LogP contribution in [0, 0.1) is 11.6 Å². The van der Waals surface area contributed by atoms with Crippen molar-refractivity contribution in [3.05, 3.63) is 29.3 Å². The molecule has 0 radical (unpaired) electrons. The number of hydrogen-bond donors (Lipinski definition) is 3. The molecule has 0 aromatic heterocycles. The van der Waals surface area contributed by atoms with Gasteiger partial charge in [0.1, 0.15) is 9.84 Å². The maximum absolute atomic E-state index is 13.1. The first-order valence-electron chi connectivity index (χ1n) is 5.55. The predicted octanol–water partition coefficient (Wildman–Crippen LogP) is 0.829. The molecule has 7 nitrogen and oxygen atoms in total. The van der Waals surface area contributed by atoms with Gasteiger partial charge in [-0.2, -0.15) is 0 Å². The third kappa shape index (κ3) is 5.34. The molecule has 3 N–H and O–H groups in total. The zero-order valence-corrected chi connectivity index (χ0v) is 11.6. The van der Waals surface area contributed by atoms with Crippen LogP contribution in [0.4, 0.5) is 19.3 Å². The van der Waals surface area contributed by atoms with Gasteiger partial charge in [-0.05, 0) is 6.07 Å². The summed E-state index contributed by atoms with van der Waals surface area (Å²) < 4.78 is 47.7. The number of carboxylic acids is 1. The van der Waals surface area contributed by atoms with E-state index < -0.39 is 44.7 Å². The van der Waals surface area contributed by atoms with Crippen molar-refractivity contribution in [3.63, 3.8) is 0 Å². The van der Waals surface area contributed by atoms with Gasteiger partial charge in [0.15, 0.2) is 11.6 Å². The predicted molar refractivity (Wildman–Crippen MR) is 70.0 cm³/mol. The number of amides is 2. The van der Waals surface area contributed by atoms with Crippen molar-refractivity contribution in [1.29, 1.82) is 0 Å². The fraction of sp³-hybridized carbons (Fsp3) is 0.273. The molecule has 0 aliphatic carbocycles. The van der Waals surface area contributed by atoms with Gasteiger partial charge in [-0.25, -0.2) is 26.8 Å². The molecule has 21 heavy (non-hydrogen) atoms. The highest BCUT2D eigenvalue weighted by molar-refractivity contribution is 7.90. The molecule has 2 amide bonds. The first-order valence-corrected chi connectivity index (χ1v) is 7.61. The van der Waals surface area contributed by atoms with E-state index in [0.717, 1.165) is 6.26 Å². The summed E-state index contributed by atoms with van der Waals surface area (Å²) in [6.07, 6.45) is 0.977. The van der Waals surface area contributed by atoms with E-state index in [-0.39, 0.29) is 12.3 Å². The van der Waals surface area contributed by atoms with Crippen LogP contribution in [-0.2, 0) is 9.84 Å². The molecule has 116 valence electrons. The molecule has 1 aromatic carbocycles. The van der Waals surface area contributed by atoms with E-state index in [2.05, 4.69) is 5.32 Å². The molecule has 1 rings (SSSR count). The molecule has 0 unspecified atom stereocenters. The molecule has 0 aliphatic heterocycles. The lowest BCUT2D eigenvalue weighted by Crippen LogP contribution is -2.33. The van der Waals surface area contributed by atoms with E-state index in [1.54, 1.807) is 0 Å². The van der Waals surface area contributed by atoms with E-state index in [0.29, 0.717) is 12.1 Å². The van der Waals surface area contributed by atoms with Gasteiger partial charge in [0.25, 0.3) is 0 Å². The molecule has 0 saturated carbocycles. The lowest BCUT2D eigenvalue weighted by molar-refractivity contribution is 0.0697. The maximum Gasteiger partial charge on any atom is 0.337 e. The van der Waals surface area contributed by atoms with E-state index >= 15 is 0 Å². The number of carboxylic acid groups (broad SMARTS) is 1. The molecule has 0 aliphatic rings. The number of nitrogens with one attached hydrogen (secondary N) is 2. The number of hydrogen-bond acceptors (Lipinski definition) is 4. The van der Waals surface area contributed by atoms with Crippen molar-refractivity contribution in [2.45, 2.75) is 0 Å². The number of aromatic carboxylic acids is 1. The molecule has 0 saturated heterocycles. The van der Waals surface area contributed by atoms with E-state index in [4.69, 9.17) is 5.11 Å². The second kappa shape index (κ2) is 6.48. The van der Waals surface area contributed by atoms with Crippen molar-refractivity contribution < 1.29 is 31.9 Å². The Bertz CT molecular complexity index is 675. The minimum atomic E-state index is -3.27. The highest BCUT2D eigenvalue weighted by Crippen LogP contribution is 2.20. The number of anilines is 1. The number of carbonyl (C=O) groups excluding carboxylic acids is 1. The van der Waals surface area contributed by atoms with Crippen LogP contribution in [0.25, 0.3) is 0 Å². The largest absolute Gasteiger partial charge is 0.478 e. The number of halogens is 2. The van der Waals surface area contributed by atoms with Crippen molar-refractivity contribution in [3.8, 4) is 0 Å². The summed E-state index contributed by atoms with van der Waals surface area (Å²) in [6.45, 7) is -0.212. The summed E-state index contributed by atoms with van der Waals surface area (Å²) in [5, 5.41) is 13.0. The van der Waals surface area contributed by atoms with Gasteiger partial charge in [-0.3, -0.25) is 0 Å². The lowest BCUT2D eigenvalue weighted by Gasteiger charge is -2.10. The van der Waals surface area contributed by atoms with Gasteiger partial charge >= 0.3 is 12.0 Å². The van der Waals surface area contributed by atoms with Crippen molar-refractivity contribution in [2.24, 2.45) is 0 Å². The smallest absolute Gasteiger partial charge is 0.337 e. The molecule has 10 heteroatoms. The van der Waals surface area contributed by atoms with E-state index in [1.165, 1.54) is 0 Å². The number of carbonyl (C=O) groups is 2. The monoisotopic (exact) mass is 322 g/mol. The normalized spacial score (nSPS) is 11.0. The fourth-order valence-corrected chi connectivity index (χ4v) is 1.82. The summed E-state index contributed by atoms with van der Waals surface area (Å²) >= 11 is 0. The second-order valence-electron chi connectivity index (χ2n) is 4.13. The summed E-state index contributed by atoms with van der Waals surface area (Å²) in [5.41, 5.74) is -1.08. The molecule has 1 aromatic rings. The van der Waals surface area contributed by atoms with Crippen molar-refractivity contribution >= 4 is 27.5 Å². The first-order chi connectivity index (χ1) is 9.60. The lowest BCUT2D eigenvalue weighted by atomic mass is 10.1. The topological polar surface area (TPSA) is 113 Å². The van der Waals surface area contributed by atoms with Gasteiger partial charge < -0.3 is 15.7 Å². The van der Waals surface area contributed by atoms with Crippen LogP contribution in [0.3, 0.4) is 0 Å². The SMILES string of the molecule is CS(=O)(=O)CCNC(=O)Nc1cc(F)c(F)cc1C(=O)O. The maximum atomic E-state index is 13.1. The molecule has 0 bridgehead atoms. The van der Waals surface area contributed by atoms with Gasteiger partial charge in [0, 0.05) is 18.9 Å². The Morgan fingerprint density at radius 3 is 2.33 bits per heavy atom. The van der Waals surface area contributed by atoms with Crippen LogP contribution >= 0.6 is 0 Å². The molecule has 0 fully saturated rings. The zero-order valence-electron chi connectivity index (χ0n) is 10.8. The van der Waals surface area contributed by atoms with E-state index in [1.807, 2.05) is 5.32 Å². The Kier molecular flexibility index (Phi) is 5.19. The fourth-order valence-electron chi connectivity index (χ4n) is 1.34. The van der Waals surface area contributed by atoms with Crippen LogP contribution < -0.4 is 10.6 Å². The third-order valence-corrected chi connectivity index (χ3v) is 3.24. The zero-order chi connectivity index (χ0) is 16.2. The Morgan fingerprint density at radius 1 is 1.24 bits per heavy atom. The third-order valence-electron chi connectivity index (χ3n) is 2.30. The van der Waals surface area contributed by atoms with Gasteiger partial charge in [0.05, 0.1) is 17.0 Å². The van der Waals surface area contributed by atoms with Crippen LogP contribution in [-0.4, -0.2) is 44.1 Å².